The Morgan fingerprint density at radius 3 is 2.59 bits per heavy atom. The number of hydrogen-bond donors (Lipinski definition) is 3. The first-order valence-electron chi connectivity index (χ1n) is 12.6. The van der Waals surface area contributed by atoms with Crippen molar-refractivity contribution < 1.29 is 14.3 Å². The van der Waals surface area contributed by atoms with E-state index in [9.17, 15) is 9.59 Å². The second-order valence-corrected chi connectivity index (χ2v) is 10.3. The van der Waals surface area contributed by atoms with Crippen LogP contribution in [0.4, 0.5) is 5.82 Å². The van der Waals surface area contributed by atoms with Crippen LogP contribution in [0.3, 0.4) is 0 Å². The van der Waals surface area contributed by atoms with Crippen LogP contribution in [0.25, 0.3) is 11.0 Å². The number of benzene rings is 1. The maximum absolute atomic E-state index is 12.3. The third kappa shape index (κ3) is 7.08. The van der Waals surface area contributed by atoms with Gasteiger partial charge in [-0.25, -0.2) is 9.97 Å². The van der Waals surface area contributed by atoms with Crippen LogP contribution in [0.15, 0.2) is 36.8 Å². The number of carbonyl (C=O) groups excluding carboxylic acids is 2. The molecule has 2 aromatic heterocycles. The Bertz CT molecular complexity index is 1320. The van der Waals surface area contributed by atoms with Crippen LogP contribution in [-0.2, 0) is 9.53 Å². The minimum atomic E-state index is -0.318. The van der Waals surface area contributed by atoms with Crippen molar-refractivity contribution in [3.63, 3.8) is 0 Å². The number of ether oxygens (including phenoxy) is 1. The van der Waals surface area contributed by atoms with Gasteiger partial charge in [0.25, 0.3) is 12.4 Å². The van der Waals surface area contributed by atoms with E-state index < -0.39 is 0 Å². The molecule has 1 aliphatic carbocycles. The highest BCUT2D eigenvalue weighted by Crippen LogP contribution is 2.29. The minimum absolute atomic E-state index is 0.0405. The Kier molecular flexibility index (Phi) is 8.09. The molecule has 194 valence electrons. The van der Waals surface area contributed by atoms with Gasteiger partial charge in [0.1, 0.15) is 23.4 Å². The van der Waals surface area contributed by atoms with Gasteiger partial charge in [-0.3, -0.25) is 9.59 Å². The lowest BCUT2D eigenvalue weighted by atomic mass is 10.1. The molecular weight excluding hydrogens is 468 g/mol. The van der Waals surface area contributed by atoms with Crippen molar-refractivity contribution >= 4 is 29.2 Å². The molecule has 0 radical (unpaired) electrons. The lowest BCUT2D eigenvalue weighted by molar-refractivity contribution is -0.138. The number of nitrogens with one attached hydrogen (secondary N) is 2. The van der Waals surface area contributed by atoms with Crippen LogP contribution >= 0.6 is 0 Å². The van der Waals surface area contributed by atoms with Crippen LogP contribution in [0.1, 0.15) is 74.0 Å². The molecule has 9 heteroatoms. The first-order valence-corrected chi connectivity index (χ1v) is 12.6. The minimum Gasteiger partial charge on any atom is -0.462 e. The predicted molar refractivity (Wildman–Crippen MR) is 143 cm³/mol. The third-order valence-electron chi connectivity index (χ3n) is 6.12. The van der Waals surface area contributed by atoms with E-state index in [-0.39, 0.29) is 11.5 Å². The zero-order chi connectivity index (χ0) is 26.4. The fraction of sp³-hybridized carbons (Fsp3) is 0.429. The lowest BCUT2D eigenvalue weighted by Gasteiger charge is -2.24. The fourth-order valence-corrected chi connectivity index (χ4v) is 4.08. The first-order chi connectivity index (χ1) is 17.7. The van der Waals surface area contributed by atoms with Gasteiger partial charge < -0.3 is 25.7 Å². The number of aromatic nitrogens is 3. The predicted octanol–water partition coefficient (Wildman–Crippen LogP) is 3.19. The van der Waals surface area contributed by atoms with E-state index >= 15 is 0 Å². The molecule has 2 aliphatic rings. The summed E-state index contributed by atoms with van der Waals surface area (Å²) < 4.78 is 6.74. The molecule has 1 aromatic carbocycles. The van der Waals surface area contributed by atoms with Gasteiger partial charge in [-0.1, -0.05) is 17.9 Å². The SMILES string of the molecule is CC(C)(C)OC=O.Nc1ncnc2c1c(C#Cc1cccc(C(=O)NC3CC3)c1)cn2C1CCNCC1. The summed E-state index contributed by atoms with van der Waals surface area (Å²) in [6, 6.07) is 8.12. The Balaban J connectivity index is 0.000000405. The van der Waals surface area contributed by atoms with Crippen LogP contribution in [0.2, 0.25) is 0 Å². The first kappa shape index (κ1) is 26.2. The van der Waals surface area contributed by atoms with E-state index in [1.165, 1.54) is 6.33 Å². The van der Waals surface area contributed by atoms with Crippen LogP contribution < -0.4 is 16.4 Å². The van der Waals surface area contributed by atoms with E-state index in [0.717, 1.165) is 60.9 Å². The number of hydrogen-bond acceptors (Lipinski definition) is 7. The van der Waals surface area contributed by atoms with Crippen LogP contribution in [-0.4, -0.2) is 51.6 Å². The van der Waals surface area contributed by atoms with Crippen LogP contribution in [0, 0.1) is 11.8 Å². The number of rotatable bonds is 4. The monoisotopic (exact) mass is 502 g/mol. The number of piperidine rings is 1. The molecule has 3 heterocycles. The zero-order valence-electron chi connectivity index (χ0n) is 21.6. The van der Waals surface area contributed by atoms with Gasteiger partial charge in [-0.15, -0.1) is 0 Å². The van der Waals surface area contributed by atoms with Gasteiger partial charge in [0.2, 0.25) is 0 Å². The summed E-state index contributed by atoms with van der Waals surface area (Å²) in [6.45, 7) is 7.90. The lowest BCUT2D eigenvalue weighted by Crippen LogP contribution is -2.29. The van der Waals surface area contributed by atoms with Gasteiger partial charge in [0.15, 0.2) is 0 Å². The Hall–Kier alpha value is -3.90. The van der Waals surface area contributed by atoms with Gasteiger partial charge in [-0.05, 0) is 77.7 Å². The highest BCUT2D eigenvalue weighted by atomic mass is 16.5. The molecule has 9 nitrogen and oxygen atoms in total. The van der Waals surface area contributed by atoms with Gasteiger partial charge in [0.05, 0.1) is 10.9 Å². The van der Waals surface area contributed by atoms with Crippen molar-refractivity contribution in [1.29, 1.82) is 0 Å². The highest BCUT2D eigenvalue weighted by Gasteiger charge is 2.24. The molecule has 1 saturated heterocycles. The number of fused-ring (bicyclic) bond motifs is 1. The van der Waals surface area contributed by atoms with Gasteiger partial charge in [0, 0.05) is 29.4 Å². The number of nitrogen functional groups attached to an aromatic ring is 1. The maximum Gasteiger partial charge on any atom is 0.293 e. The normalized spacial score (nSPS) is 15.6. The van der Waals surface area contributed by atoms with E-state index in [1.807, 2.05) is 51.2 Å². The zero-order valence-corrected chi connectivity index (χ0v) is 21.6. The molecule has 1 aliphatic heterocycles. The molecule has 37 heavy (non-hydrogen) atoms. The second kappa shape index (κ2) is 11.4. The molecule has 0 spiro atoms. The molecule has 1 saturated carbocycles. The molecule has 3 aromatic rings. The number of nitrogens with zero attached hydrogens (tertiary/aromatic N) is 3. The van der Waals surface area contributed by atoms with Crippen molar-refractivity contribution in [2.75, 3.05) is 18.8 Å². The quantitative estimate of drug-likeness (QED) is 0.370. The van der Waals surface area contributed by atoms with Crippen molar-refractivity contribution in [3.8, 4) is 11.8 Å². The van der Waals surface area contributed by atoms with Crippen molar-refractivity contribution in [2.24, 2.45) is 0 Å². The molecule has 5 rings (SSSR count). The smallest absolute Gasteiger partial charge is 0.293 e. The molecule has 0 unspecified atom stereocenters. The number of amides is 1. The molecule has 2 fully saturated rings. The number of carbonyl (C=O) groups is 2. The van der Waals surface area contributed by atoms with Crippen molar-refractivity contribution in [1.82, 2.24) is 25.2 Å². The molecule has 4 N–H and O–H groups in total. The molecule has 0 atom stereocenters. The average Bonchev–Trinajstić information content (AvgIpc) is 3.61. The fourth-order valence-electron chi connectivity index (χ4n) is 4.08. The summed E-state index contributed by atoms with van der Waals surface area (Å²) in [4.78, 5) is 30.6. The van der Waals surface area contributed by atoms with Crippen LogP contribution in [0.5, 0.6) is 0 Å². The van der Waals surface area contributed by atoms with Gasteiger partial charge >= 0.3 is 0 Å². The van der Waals surface area contributed by atoms with Gasteiger partial charge in [-0.2, -0.15) is 0 Å². The van der Waals surface area contributed by atoms with Crippen molar-refractivity contribution in [2.45, 2.75) is 64.1 Å². The molecule has 1 amide bonds. The Morgan fingerprint density at radius 1 is 1.19 bits per heavy atom. The average molecular weight is 503 g/mol. The maximum atomic E-state index is 12.3. The van der Waals surface area contributed by atoms with E-state index in [0.29, 0.717) is 29.9 Å². The largest absolute Gasteiger partial charge is 0.462 e. The Morgan fingerprint density at radius 2 is 1.95 bits per heavy atom. The molecule has 0 bridgehead atoms. The number of nitrogens with two attached hydrogens (primary N) is 1. The summed E-state index contributed by atoms with van der Waals surface area (Å²) in [5.41, 5.74) is 8.94. The summed E-state index contributed by atoms with van der Waals surface area (Å²) in [7, 11) is 0. The van der Waals surface area contributed by atoms with Crippen molar-refractivity contribution in [3.05, 3.63) is 53.5 Å². The summed E-state index contributed by atoms with van der Waals surface area (Å²) in [5, 5.41) is 7.21. The third-order valence-corrected chi connectivity index (χ3v) is 6.12. The highest BCUT2D eigenvalue weighted by molar-refractivity contribution is 5.95. The van der Waals surface area contributed by atoms with E-state index in [4.69, 9.17) is 5.73 Å². The molecular formula is C28H34N6O3. The summed E-state index contributed by atoms with van der Waals surface area (Å²) in [5.74, 6) is 6.84. The Labute approximate surface area is 217 Å². The van der Waals surface area contributed by atoms with E-state index in [1.54, 1.807) is 0 Å². The number of anilines is 1. The topological polar surface area (TPSA) is 124 Å². The summed E-state index contributed by atoms with van der Waals surface area (Å²) >= 11 is 0. The second-order valence-electron chi connectivity index (χ2n) is 10.3. The van der Waals surface area contributed by atoms with E-state index in [2.05, 4.69) is 41.7 Å². The standard InChI is InChI=1S/C23H24N6O.C5H10O2/c24-21-20-17(13-29(22(20)27-14-26-21)19-8-10-25-11-9-19)5-4-15-2-1-3-16(12-15)23(30)28-18-6-7-18;1-5(2,3)7-4-6/h1-3,12-14,18-19,25H,6-11H2,(H,28,30)(H2,24,26,27);4H,1-3H3. The summed E-state index contributed by atoms with van der Waals surface area (Å²) in [6.07, 6.45) is 7.76.